The van der Waals surface area contributed by atoms with E-state index < -0.39 is 47.4 Å². The molecule has 406 valence electrons. The molecule has 75 heavy (non-hydrogen) atoms. The van der Waals surface area contributed by atoms with Crippen molar-refractivity contribution < 1.29 is 38.2 Å². The first-order chi connectivity index (χ1) is 35.5. The Morgan fingerprint density at radius 1 is 1.04 bits per heavy atom. The summed E-state index contributed by atoms with van der Waals surface area (Å²) < 4.78 is 18.1. The van der Waals surface area contributed by atoms with E-state index in [0.29, 0.717) is 54.3 Å². The third-order valence-corrected chi connectivity index (χ3v) is 15.9. The van der Waals surface area contributed by atoms with Crippen LogP contribution in [-0.2, 0) is 35.1 Å². The van der Waals surface area contributed by atoms with E-state index >= 15 is 0 Å². The van der Waals surface area contributed by atoms with Gasteiger partial charge in [0.05, 0.1) is 34.4 Å². The molecule has 5 N–H and O–H groups in total. The largest absolute Gasteiger partial charge is 0.489 e. The van der Waals surface area contributed by atoms with E-state index in [9.17, 15) is 29.2 Å². The lowest BCUT2D eigenvalue weighted by atomic mass is 9.49. The van der Waals surface area contributed by atoms with Gasteiger partial charge in [0.1, 0.15) is 48.8 Å². The maximum atomic E-state index is 14.6. The first-order valence-electron chi connectivity index (χ1n) is 26.2. The highest BCUT2D eigenvalue weighted by atomic mass is 35.5. The molecular formula is C57H77ClN8O8S. The number of carbonyl (C=O) groups excluding carboxylic acids is 5. The summed E-state index contributed by atoms with van der Waals surface area (Å²) in [6, 6.07) is 11.6. The Morgan fingerprint density at radius 2 is 1.77 bits per heavy atom. The summed E-state index contributed by atoms with van der Waals surface area (Å²) in [5.74, 6) is -1.25. The second kappa shape index (κ2) is 25.8. The number of unbranched alkanes of at least 4 members (excludes halogenated alkanes) is 2. The van der Waals surface area contributed by atoms with Gasteiger partial charge in [-0.1, -0.05) is 78.3 Å². The highest BCUT2D eigenvalue weighted by Gasteiger charge is 2.64. The van der Waals surface area contributed by atoms with Crippen LogP contribution in [0.4, 0.5) is 5.69 Å². The molecule has 1 unspecified atom stereocenters. The standard InChI is InChI=1S/C57H77ClN8O8S/c1-11-37(17-15-19-46-36(3)62-34-75-46)35(2)63-50(69)45-30-42(73-52(71)44-18-16-27-61-44)32-66(45)51(70)48(55(4,5)6)64-47(67)33-72-28-14-12-13-26-60-40-23-20-38(21-24-40)49(68)65-53-56(7,8)54(57(53,9)10)74-41-25-22-39(31-59)43(58)29-41/h11,15,17,20-25,29,34-35,42,44-45,48,53-54,60-61H,12-14,16,18-19,26-28,30,32-33H2,1-10H3,(H,63,69)(H,64,67)(H,65,68)/b17-15-,37-11+/t35-,42?,44-,45-,48+,53?,54?/m0/s1. The van der Waals surface area contributed by atoms with Crippen molar-refractivity contribution in [1.82, 2.24) is 31.2 Å². The molecule has 3 heterocycles. The number of esters is 1. The van der Waals surface area contributed by atoms with Gasteiger partial charge in [-0.3, -0.25) is 24.0 Å². The summed E-state index contributed by atoms with van der Waals surface area (Å²) in [5, 5.41) is 25.4. The minimum atomic E-state index is -0.997. The third kappa shape index (κ3) is 15.0. The van der Waals surface area contributed by atoms with Crippen LogP contribution in [0, 0.1) is 34.5 Å². The highest BCUT2D eigenvalue weighted by molar-refractivity contribution is 7.09. The van der Waals surface area contributed by atoms with E-state index in [1.54, 1.807) is 41.7 Å². The fourth-order valence-electron chi connectivity index (χ4n) is 10.7. The Hall–Kier alpha value is -5.80. The molecule has 3 aliphatic rings. The second-order valence-corrected chi connectivity index (χ2v) is 23.6. The number of benzene rings is 2. The number of allylic oxidation sites excluding steroid dienone is 2. The number of aromatic nitrogens is 1. The summed E-state index contributed by atoms with van der Waals surface area (Å²) >= 11 is 7.85. The maximum absolute atomic E-state index is 14.6. The summed E-state index contributed by atoms with van der Waals surface area (Å²) in [5.41, 5.74) is 4.03. The lowest BCUT2D eigenvalue weighted by molar-refractivity contribution is -0.164. The van der Waals surface area contributed by atoms with E-state index in [0.717, 1.165) is 42.8 Å². The van der Waals surface area contributed by atoms with E-state index in [2.05, 4.69) is 65.3 Å². The van der Waals surface area contributed by atoms with Crippen LogP contribution in [0.15, 0.2) is 71.8 Å². The maximum Gasteiger partial charge on any atom is 0.323 e. The molecule has 3 fully saturated rings. The SMILES string of the molecule is C/C=C(\C=C/Cc1scnc1C)[C@H](C)NC(=O)[C@@H]1CC(OC(=O)[C@@H]2CCCN2)CN1C(=O)[C@@H](NC(=O)COCCCCCNc1ccc(C(=O)NC2C(C)(C)C(Oc3ccc(C#N)c(Cl)c3)C2(C)C)cc1)C(C)(C)C. The number of ether oxygens (including phenoxy) is 3. The molecule has 1 aromatic heterocycles. The van der Waals surface area contributed by atoms with Gasteiger partial charge >= 0.3 is 5.97 Å². The van der Waals surface area contributed by atoms with Gasteiger partial charge in [-0.05, 0) is 107 Å². The number of nitrogens with zero attached hydrogens (tertiary/aromatic N) is 3. The monoisotopic (exact) mass is 1070 g/mol. The van der Waals surface area contributed by atoms with E-state index in [1.165, 1.54) is 9.78 Å². The molecule has 0 radical (unpaired) electrons. The Labute approximate surface area is 452 Å². The lowest BCUT2D eigenvalue weighted by Gasteiger charge is -2.63. The van der Waals surface area contributed by atoms with Gasteiger partial charge in [0, 0.05) is 65.1 Å². The first kappa shape index (κ1) is 58.5. The number of nitrogens with one attached hydrogen (secondary N) is 5. The Balaban J connectivity index is 0.936. The summed E-state index contributed by atoms with van der Waals surface area (Å²) in [6.07, 6.45) is 9.83. The molecule has 3 aromatic rings. The number of amides is 4. The number of halogens is 1. The van der Waals surface area contributed by atoms with Gasteiger partial charge in [-0.25, -0.2) is 4.98 Å². The van der Waals surface area contributed by atoms with Gasteiger partial charge in [0.25, 0.3) is 5.91 Å². The average molecular weight is 1070 g/mol. The molecule has 16 nitrogen and oxygen atoms in total. The normalized spacial score (nSPS) is 21.9. The second-order valence-electron chi connectivity index (χ2n) is 22.2. The Morgan fingerprint density at radius 3 is 2.40 bits per heavy atom. The number of aryl methyl sites for hydroxylation is 1. The fraction of sp³-hybridized carbons (Fsp3) is 0.561. The average Bonchev–Trinajstić information content (AvgIpc) is 4.16. The van der Waals surface area contributed by atoms with Gasteiger partial charge in [-0.15, -0.1) is 11.3 Å². The van der Waals surface area contributed by atoms with Crippen molar-refractivity contribution in [3.05, 3.63) is 98.5 Å². The van der Waals surface area contributed by atoms with Crippen LogP contribution in [0.5, 0.6) is 5.75 Å². The number of nitriles is 1. The Kier molecular flexibility index (Phi) is 20.1. The number of anilines is 1. The quantitative estimate of drug-likeness (QED) is 0.0345. The van der Waals surface area contributed by atoms with Crippen LogP contribution in [0.3, 0.4) is 0 Å². The minimum absolute atomic E-state index is 0.0144. The lowest BCUT2D eigenvalue weighted by Crippen LogP contribution is -2.74. The van der Waals surface area contributed by atoms with Gasteiger partial charge < -0.3 is 45.7 Å². The van der Waals surface area contributed by atoms with Crippen LogP contribution in [0.1, 0.15) is 127 Å². The van der Waals surface area contributed by atoms with Crippen LogP contribution in [0.25, 0.3) is 0 Å². The van der Waals surface area contributed by atoms with Crippen molar-refractivity contribution in [2.45, 2.75) is 157 Å². The van der Waals surface area contributed by atoms with E-state index in [4.69, 9.17) is 25.8 Å². The number of carbonyl (C=O) groups is 5. The molecule has 2 aromatic carbocycles. The van der Waals surface area contributed by atoms with E-state index in [1.807, 2.05) is 77.4 Å². The number of likely N-dealkylation sites (tertiary alicyclic amines) is 1. The van der Waals surface area contributed by atoms with E-state index in [-0.39, 0.29) is 60.4 Å². The molecule has 2 saturated heterocycles. The predicted molar refractivity (Wildman–Crippen MR) is 292 cm³/mol. The zero-order valence-electron chi connectivity index (χ0n) is 45.3. The zero-order valence-corrected chi connectivity index (χ0v) is 46.8. The molecule has 1 aliphatic carbocycles. The molecule has 6 rings (SSSR count). The molecule has 1 saturated carbocycles. The molecule has 4 amide bonds. The van der Waals surface area contributed by atoms with Gasteiger partial charge in [0.2, 0.25) is 17.7 Å². The van der Waals surface area contributed by atoms with Crippen molar-refractivity contribution >= 4 is 58.2 Å². The van der Waals surface area contributed by atoms with Crippen LogP contribution in [-0.4, -0.2) is 115 Å². The fourth-order valence-corrected chi connectivity index (χ4v) is 11.7. The third-order valence-electron chi connectivity index (χ3n) is 14.6. The van der Waals surface area contributed by atoms with Crippen molar-refractivity contribution in [1.29, 1.82) is 5.26 Å². The summed E-state index contributed by atoms with van der Waals surface area (Å²) in [4.78, 5) is 75.6. The van der Waals surface area contributed by atoms with Gasteiger partial charge in [-0.2, -0.15) is 5.26 Å². The van der Waals surface area contributed by atoms with Crippen molar-refractivity contribution in [2.24, 2.45) is 16.2 Å². The number of thiazole rings is 1. The van der Waals surface area contributed by atoms with Crippen molar-refractivity contribution in [3.8, 4) is 11.8 Å². The molecule has 5 atom stereocenters. The molecule has 18 heteroatoms. The number of hydrogen-bond acceptors (Lipinski definition) is 13. The zero-order chi connectivity index (χ0) is 54.7. The summed E-state index contributed by atoms with van der Waals surface area (Å²) in [7, 11) is 0. The number of rotatable bonds is 23. The van der Waals surface area contributed by atoms with Crippen molar-refractivity contribution in [3.63, 3.8) is 0 Å². The predicted octanol–water partition coefficient (Wildman–Crippen LogP) is 8.23. The van der Waals surface area contributed by atoms with Crippen LogP contribution >= 0.6 is 22.9 Å². The molecule has 2 aliphatic heterocycles. The minimum Gasteiger partial charge on any atom is -0.489 e. The summed E-state index contributed by atoms with van der Waals surface area (Å²) in [6.45, 7) is 21.2. The first-order valence-corrected chi connectivity index (χ1v) is 27.5. The van der Waals surface area contributed by atoms with Crippen molar-refractivity contribution in [2.75, 3.05) is 38.2 Å². The Bertz CT molecular complexity index is 2580. The van der Waals surface area contributed by atoms with Crippen LogP contribution in [0.2, 0.25) is 5.02 Å². The molecule has 0 bridgehead atoms. The van der Waals surface area contributed by atoms with Crippen LogP contribution < -0.4 is 31.3 Å². The van der Waals surface area contributed by atoms with Gasteiger partial charge in [0.15, 0.2) is 0 Å². The number of hydrogen-bond donors (Lipinski definition) is 5. The molecule has 0 spiro atoms. The molecular weight excluding hydrogens is 992 g/mol. The smallest absolute Gasteiger partial charge is 0.323 e. The highest BCUT2D eigenvalue weighted by Crippen LogP contribution is 2.55. The topological polar surface area (TPSA) is 213 Å².